The molecule has 0 amide bonds. The van der Waals surface area contributed by atoms with E-state index in [0.717, 1.165) is 11.3 Å². The zero-order valence-corrected chi connectivity index (χ0v) is 13.9. The molecule has 0 aromatic carbocycles. The van der Waals surface area contributed by atoms with Crippen molar-refractivity contribution in [3.8, 4) is 17.3 Å². The van der Waals surface area contributed by atoms with E-state index in [-0.39, 0.29) is 0 Å². The molecular weight excluding hydrogens is 348 g/mol. The van der Waals surface area contributed by atoms with Gasteiger partial charge in [0.1, 0.15) is 10.7 Å². The molecule has 0 aliphatic heterocycles. The first-order chi connectivity index (χ1) is 9.49. The molecular formula is C12H14BrClN4O2. The highest BCUT2D eigenvalue weighted by molar-refractivity contribution is 9.10. The number of halogens is 2. The molecule has 0 aliphatic rings. The van der Waals surface area contributed by atoms with E-state index in [0.29, 0.717) is 33.6 Å². The van der Waals surface area contributed by atoms with Gasteiger partial charge in [0.25, 0.3) is 0 Å². The summed E-state index contributed by atoms with van der Waals surface area (Å²) >= 11 is 9.50. The van der Waals surface area contributed by atoms with Gasteiger partial charge in [0.05, 0.1) is 29.6 Å². The summed E-state index contributed by atoms with van der Waals surface area (Å²) in [4.78, 5) is 8.76. The largest absolute Gasteiger partial charge is 0.481 e. The summed E-state index contributed by atoms with van der Waals surface area (Å²) in [5, 5.41) is 4.64. The van der Waals surface area contributed by atoms with Gasteiger partial charge in [0.15, 0.2) is 5.82 Å². The summed E-state index contributed by atoms with van der Waals surface area (Å²) in [6.45, 7) is 2.20. The van der Waals surface area contributed by atoms with Crippen LogP contribution in [0.2, 0.25) is 5.15 Å². The van der Waals surface area contributed by atoms with Crippen LogP contribution in [0.1, 0.15) is 11.4 Å². The Labute approximate surface area is 130 Å². The van der Waals surface area contributed by atoms with Crippen LogP contribution in [0.5, 0.6) is 5.88 Å². The van der Waals surface area contributed by atoms with Crippen LogP contribution < -0.4 is 4.74 Å². The van der Waals surface area contributed by atoms with Crippen molar-refractivity contribution >= 4 is 27.5 Å². The van der Waals surface area contributed by atoms with Gasteiger partial charge in [-0.1, -0.05) is 11.6 Å². The molecule has 8 heteroatoms. The van der Waals surface area contributed by atoms with Crippen LogP contribution in [0, 0.1) is 6.92 Å². The minimum absolute atomic E-state index is 0.326. The third kappa shape index (κ3) is 2.65. The van der Waals surface area contributed by atoms with Crippen molar-refractivity contribution in [3.05, 3.63) is 21.0 Å². The maximum absolute atomic E-state index is 6.14. The minimum Gasteiger partial charge on any atom is -0.481 e. The standard InChI is InChI=1S/C12H14BrClN4O2/c1-6-8(12(20-4)18(2)17-6)11-15-7(5-19-3)9(13)10(14)16-11/h5H2,1-4H3. The van der Waals surface area contributed by atoms with E-state index in [9.17, 15) is 0 Å². The number of hydrogen-bond acceptors (Lipinski definition) is 5. The Morgan fingerprint density at radius 1 is 1.30 bits per heavy atom. The van der Waals surface area contributed by atoms with Gasteiger partial charge >= 0.3 is 0 Å². The summed E-state index contributed by atoms with van der Waals surface area (Å²) in [7, 11) is 4.97. The zero-order chi connectivity index (χ0) is 14.9. The van der Waals surface area contributed by atoms with E-state index in [1.807, 2.05) is 6.92 Å². The maximum atomic E-state index is 6.14. The molecule has 0 aliphatic carbocycles. The highest BCUT2D eigenvalue weighted by atomic mass is 79.9. The fraction of sp³-hybridized carbons (Fsp3) is 0.417. The van der Waals surface area contributed by atoms with Crippen molar-refractivity contribution in [2.24, 2.45) is 7.05 Å². The minimum atomic E-state index is 0.326. The SMILES string of the molecule is COCc1nc(-c2c(C)nn(C)c2OC)nc(Cl)c1Br. The Hall–Kier alpha value is -1.18. The molecule has 6 nitrogen and oxygen atoms in total. The first-order valence-corrected chi connectivity index (χ1v) is 6.95. The first kappa shape index (κ1) is 15.2. The van der Waals surface area contributed by atoms with E-state index >= 15 is 0 Å². The van der Waals surface area contributed by atoms with Crippen LogP contribution in [-0.2, 0) is 18.4 Å². The molecule has 0 radical (unpaired) electrons. The predicted octanol–water partition coefficient (Wildman–Crippen LogP) is 2.76. The normalized spacial score (nSPS) is 10.9. The summed E-state index contributed by atoms with van der Waals surface area (Å²) < 4.78 is 12.7. The lowest BCUT2D eigenvalue weighted by molar-refractivity contribution is 0.181. The van der Waals surface area contributed by atoms with Gasteiger partial charge in [-0.05, 0) is 22.9 Å². The monoisotopic (exact) mass is 360 g/mol. The smallest absolute Gasteiger partial charge is 0.222 e. The molecule has 0 saturated heterocycles. The summed E-state index contributed by atoms with van der Waals surface area (Å²) in [5.41, 5.74) is 2.17. The Balaban J connectivity index is 2.64. The van der Waals surface area contributed by atoms with E-state index in [4.69, 9.17) is 21.1 Å². The molecule has 2 aromatic heterocycles. The van der Waals surface area contributed by atoms with Crippen molar-refractivity contribution < 1.29 is 9.47 Å². The molecule has 0 atom stereocenters. The van der Waals surface area contributed by atoms with Crippen molar-refractivity contribution in [2.45, 2.75) is 13.5 Å². The lowest BCUT2D eigenvalue weighted by atomic mass is 10.2. The quantitative estimate of drug-likeness (QED) is 0.784. The Morgan fingerprint density at radius 3 is 2.60 bits per heavy atom. The molecule has 0 spiro atoms. The summed E-state index contributed by atoms with van der Waals surface area (Å²) in [6, 6.07) is 0. The number of nitrogens with zero attached hydrogens (tertiary/aromatic N) is 4. The number of rotatable bonds is 4. The second kappa shape index (κ2) is 6.07. The molecule has 0 N–H and O–H groups in total. The number of aromatic nitrogens is 4. The van der Waals surface area contributed by atoms with Crippen LogP contribution >= 0.6 is 27.5 Å². The molecule has 0 unspecified atom stereocenters. The third-order valence-electron chi connectivity index (χ3n) is 2.75. The van der Waals surface area contributed by atoms with E-state index in [1.165, 1.54) is 0 Å². The van der Waals surface area contributed by atoms with Gasteiger partial charge in [-0.15, -0.1) is 0 Å². The fourth-order valence-corrected chi connectivity index (χ4v) is 2.42. The Bertz CT molecular complexity index is 645. The van der Waals surface area contributed by atoms with Crippen LogP contribution in [0.4, 0.5) is 0 Å². The highest BCUT2D eigenvalue weighted by Crippen LogP contribution is 2.33. The third-order valence-corrected chi connectivity index (χ3v) is 4.08. The summed E-state index contributed by atoms with van der Waals surface area (Å²) in [6.07, 6.45) is 0. The maximum Gasteiger partial charge on any atom is 0.222 e. The number of aryl methyl sites for hydroxylation is 2. The van der Waals surface area contributed by atoms with Gasteiger partial charge in [-0.2, -0.15) is 5.10 Å². The van der Waals surface area contributed by atoms with Gasteiger partial charge in [-0.25, -0.2) is 14.6 Å². The van der Waals surface area contributed by atoms with Crippen LogP contribution in [-0.4, -0.2) is 34.0 Å². The highest BCUT2D eigenvalue weighted by Gasteiger charge is 2.21. The van der Waals surface area contributed by atoms with Crippen molar-refractivity contribution in [1.82, 2.24) is 19.7 Å². The molecule has 108 valence electrons. The topological polar surface area (TPSA) is 62.1 Å². The van der Waals surface area contributed by atoms with Crippen LogP contribution in [0.3, 0.4) is 0 Å². The van der Waals surface area contributed by atoms with Crippen LogP contribution in [0.15, 0.2) is 4.47 Å². The first-order valence-electron chi connectivity index (χ1n) is 5.78. The molecule has 0 bridgehead atoms. The predicted molar refractivity (Wildman–Crippen MR) is 78.9 cm³/mol. The average Bonchev–Trinajstić information content (AvgIpc) is 2.69. The van der Waals surface area contributed by atoms with Crippen molar-refractivity contribution in [1.29, 1.82) is 0 Å². The van der Waals surface area contributed by atoms with Crippen LogP contribution in [0.25, 0.3) is 11.4 Å². The molecule has 2 heterocycles. The Kier molecular flexibility index (Phi) is 4.62. The van der Waals surface area contributed by atoms with E-state index in [1.54, 1.807) is 25.9 Å². The van der Waals surface area contributed by atoms with Gasteiger partial charge < -0.3 is 9.47 Å². The number of methoxy groups -OCH3 is 2. The lowest BCUT2D eigenvalue weighted by Gasteiger charge is -2.08. The van der Waals surface area contributed by atoms with Gasteiger partial charge in [0, 0.05) is 14.2 Å². The van der Waals surface area contributed by atoms with E-state index < -0.39 is 0 Å². The molecule has 0 saturated carbocycles. The number of hydrogen-bond donors (Lipinski definition) is 0. The Morgan fingerprint density at radius 2 is 2.00 bits per heavy atom. The van der Waals surface area contributed by atoms with Crippen molar-refractivity contribution in [2.75, 3.05) is 14.2 Å². The lowest BCUT2D eigenvalue weighted by Crippen LogP contribution is -2.01. The molecule has 2 rings (SSSR count). The van der Waals surface area contributed by atoms with Gasteiger partial charge in [-0.3, -0.25) is 0 Å². The molecule has 20 heavy (non-hydrogen) atoms. The number of ether oxygens (including phenoxy) is 2. The van der Waals surface area contributed by atoms with E-state index in [2.05, 4.69) is 31.0 Å². The van der Waals surface area contributed by atoms with Crippen molar-refractivity contribution in [3.63, 3.8) is 0 Å². The molecule has 2 aromatic rings. The van der Waals surface area contributed by atoms with Gasteiger partial charge in [0.2, 0.25) is 5.88 Å². The zero-order valence-electron chi connectivity index (χ0n) is 11.6. The fourth-order valence-electron chi connectivity index (χ4n) is 1.94. The second-order valence-electron chi connectivity index (χ2n) is 4.13. The molecule has 0 fully saturated rings. The second-order valence-corrected chi connectivity index (χ2v) is 5.28. The summed E-state index contributed by atoms with van der Waals surface area (Å²) in [5.74, 6) is 1.05. The average molecular weight is 362 g/mol.